The number of amides is 1. The highest BCUT2D eigenvalue weighted by molar-refractivity contribution is 14.1. The van der Waals surface area contributed by atoms with E-state index in [0.29, 0.717) is 31.1 Å². The molecule has 0 radical (unpaired) electrons. The van der Waals surface area contributed by atoms with Gasteiger partial charge in [0.05, 0.1) is 17.6 Å². The van der Waals surface area contributed by atoms with Gasteiger partial charge in [0.1, 0.15) is 5.82 Å². The fourth-order valence-corrected chi connectivity index (χ4v) is 3.76. The molecule has 1 aromatic heterocycles. The molecule has 1 amide bonds. The van der Waals surface area contributed by atoms with Gasteiger partial charge in [-0.3, -0.25) is 4.79 Å². The van der Waals surface area contributed by atoms with Crippen molar-refractivity contribution < 1.29 is 4.79 Å². The van der Waals surface area contributed by atoms with Gasteiger partial charge in [-0.25, -0.2) is 4.98 Å². The molecule has 0 spiro atoms. The van der Waals surface area contributed by atoms with Gasteiger partial charge in [0, 0.05) is 22.2 Å². The third-order valence-electron chi connectivity index (χ3n) is 4.32. The number of aromatic nitrogens is 2. The lowest BCUT2D eigenvalue weighted by molar-refractivity contribution is 0.0716. The number of allylic oxidation sites excluding steroid dienone is 1. The monoisotopic (exact) mass is 473 g/mol. The number of carbonyl (C=O) groups is 1. The summed E-state index contributed by atoms with van der Waals surface area (Å²) in [7, 11) is 0. The van der Waals surface area contributed by atoms with Crippen molar-refractivity contribution in [2.75, 3.05) is 6.54 Å². The molecule has 140 valence electrons. The molecule has 0 bridgehead atoms. The third kappa shape index (κ3) is 4.58. The van der Waals surface area contributed by atoms with Crippen LogP contribution >= 0.6 is 22.6 Å². The lowest BCUT2D eigenvalue weighted by Crippen LogP contribution is -2.34. The summed E-state index contributed by atoms with van der Waals surface area (Å²) in [6.07, 6.45) is 1.87. The molecule has 2 aromatic carbocycles. The van der Waals surface area contributed by atoms with Crippen molar-refractivity contribution in [2.45, 2.75) is 26.9 Å². The molecule has 0 fully saturated rings. The van der Waals surface area contributed by atoms with Crippen LogP contribution < -0.4 is 0 Å². The van der Waals surface area contributed by atoms with Gasteiger partial charge >= 0.3 is 0 Å². The highest BCUT2D eigenvalue weighted by Crippen LogP contribution is 2.19. The first-order valence-corrected chi connectivity index (χ1v) is 10.2. The number of halogens is 1. The van der Waals surface area contributed by atoms with Crippen LogP contribution in [0.4, 0.5) is 0 Å². The molecule has 3 aromatic rings. The predicted octanol–water partition coefficient (Wildman–Crippen LogP) is 5.13. The lowest BCUT2D eigenvalue weighted by atomic mass is 10.1. The SMILES string of the molecule is C=CCn1c(CN(CC(C)C)C(=O)c2cccc(I)c2)nc2ccccc21. The second-order valence-electron chi connectivity index (χ2n) is 7.01. The van der Waals surface area contributed by atoms with Crippen LogP contribution in [0.2, 0.25) is 0 Å². The minimum absolute atomic E-state index is 0.0411. The number of hydrogen-bond acceptors (Lipinski definition) is 2. The first-order chi connectivity index (χ1) is 13.0. The number of benzene rings is 2. The predicted molar refractivity (Wildman–Crippen MR) is 119 cm³/mol. The minimum Gasteiger partial charge on any atom is -0.331 e. The largest absolute Gasteiger partial charge is 0.331 e. The Kier molecular flexibility index (Phi) is 6.31. The molecule has 1 heterocycles. The molecule has 0 unspecified atom stereocenters. The molecule has 0 aliphatic carbocycles. The maximum absolute atomic E-state index is 13.2. The van der Waals surface area contributed by atoms with Crippen LogP contribution in [0, 0.1) is 9.49 Å². The van der Waals surface area contributed by atoms with Crippen LogP contribution in [-0.4, -0.2) is 26.9 Å². The standard InChI is InChI=1S/C22H24IN3O/c1-4-12-26-20-11-6-5-10-19(20)24-21(26)15-25(14-16(2)3)22(27)17-8-7-9-18(23)13-17/h4-11,13,16H,1,12,14-15H2,2-3H3. The molecule has 4 nitrogen and oxygen atoms in total. The van der Waals surface area contributed by atoms with Crippen molar-refractivity contribution in [3.63, 3.8) is 0 Å². The molecule has 0 aliphatic heterocycles. The average Bonchev–Trinajstić information content (AvgIpc) is 2.98. The van der Waals surface area contributed by atoms with E-state index in [9.17, 15) is 4.79 Å². The number of carbonyl (C=O) groups excluding carboxylic acids is 1. The molecule has 0 atom stereocenters. The van der Waals surface area contributed by atoms with Crippen molar-refractivity contribution in [1.82, 2.24) is 14.5 Å². The Bertz CT molecular complexity index is 961. The number of nitrogens with zero attached hydrogens (tertiary/aromatic N) is 3. The third-order valence-corrected chi connectivity index (χ3v) is 4.99. The van der Waals surface area contributed by atoms with Gasteiger partial charge in [-0.05, 0) is 58.8 Å². The van der Waals surface area contributed by atoms with Gasteiger partial charge in [0.15, 0.2) is 0 Å². The maximum Gasteiger partial charge on any atom is 0.254 e. The van der Waals surface area contributed by atoms with E-state index in [0.717, 1.165) is 20.4 Å². The fourth-order valence-electron chi connectivity index (χ4n) is 3.21. The van der Waals surface area contributed by atoms with Crippen LogP contribution in [0.1, 0.15) is 30.0 Å². The van der Waals surface area contributed by atoms with Gasteiger partial charge in [-0.15, -0.1) is 6.58 Å². The summed E-state index contributed by atoms with van der Waals surface area (Å²) < 4.78 is 3.19. The zero-order chi connectivity index (χ0) is 19.4. The summed E-state index contributed by atoms with van der Waals surface area (Å²) in [6, 6.07) is 15.8. The van der Waals surface area contributed by atoms with Gasteiger partial charge in [0.25, 0.3) is 5.91 Å². The van der Waals surface area contributed by atoms with Crippen molar-refractivity contribution in [3.8, 4) is 0 Å². The van der Waals surface area contributed by atoms with Crippen LogP contribution in [0.5, 0.6) is 0 Å². The molecule has 0 aliphatic rings. The molecule has 27 heavy (non-hydrogen) atoms. The van der Waals surface area contributed by atoms with Gasteiger partial charge in [-0.2, -0.15) is 0 Å². The van der Waals surface area contributed by atoms with Crippen molar-refractivity contribution >= 4 is 39.5 Å². The summed E-state index contributed by atoms with van der Waals surface area (Å²) in [6.45, 7) is 9.96. The van der Waals surface area contributed by atoms with E-state index < -0.39 is 0 Å². The minimum atomic E-state index is 0.0411. The van der Waals surface area contributed by atoms with Gasteiger partial charge in [0.2, 0.25) is 0 Å². The van der Waals surface area contributed by atoms with E-state index >= 15 is 0 Å². The first kappa shape index (κ1) is 19.6. The fraction of sp³-hybridized carbons (Fsp3) is 0.273. The topological polar surface area (TPSA) is 38.1 Å². The molecule has 0 saturated heterocycles. The molecule has 0 saturated carbocycles. The maximum atomic E-state index is 13.2. The number of hydrogen-bond donors (Lipinski definition) is 0. The van der Waals surface area contributed by atoms with Crippen LogP contribution in [0.15, 0.2) is 61.2 Å². The number of fused-ring (bicyclic) bond motifs is 1. The number of imidazole rings is 1. The molecular formula is C22H24IN3O. The van der Waals surface area contributed by atoms with E-state index in [-0.39, 0.29) is 5.91 Å². The Hall–Kier alpha value is -2.15. The van der Waals surface area contributed by atoms with E-state index in [4.69, 9.17) is 4.98 Å². The zero-order valence-electron chi connectivity index (χ0n) is 15.7. The van der Waals surface area contributed by atoms with Crippen molar-refractivity contribution in [3.05, 3.63) is 76.1 Å². The van der Waals surface area contributed by atoms with Crippen molar-refractivity contribution in [1.29, 1.82) is 0 Å². The summed E-state index contributed by atoms with van der Waals surface area (Å²) >= 11 is 2.24. The van der Waals surface area contributed by atoms with Crippen molar-refractivity contribution in [2.24, 2.45) is 5.92 Å². The normalized spacial score (nSPS) is 11.1. The molecule has 0 N–H and O–H groups in total. The Labute approximate surface area is 174 Å². The number of rotatable bonds is 7. The Balaban J connectivity index is 1.97. The smallest absolute Gasteiger partial charge is 0.254 e. The average molecular weight is 473 g/mol. The summed E-state index contributed by atoms with van der Waals surface area (Å²) in [4.78, 5) is 19.9. The van der Waals surface area contributed by atoms with Crippen LogP contribution in [0.3, 0.4) is 0 Å². The first-order valence-electron chi connectivity index (χ1n) is 9.09. The van der Waals surface area contributed by atoms with Crippen LogP contribution in [0.25, 0.3) is 11.0 Å². The summed E-state index contributed by atoms with van der Waals surface area (Å²) in [5.74, 6) is 1.30. The summed E-state index contributed by atoms with van der Waals surface area (Å²) in [5.41, 5.74) is 2.73. The second kappa shape index (κ2) is 8.69. The Morgan fingerprint density at radius 3 is 2.74 bits per heavy atom. The Morgan fingerprint density at radius 1 is 1.26 bits per heavy atom. The molecule has 5 heteroatoms. The quantitative estimate of drug-likeness (QED) is 0.353. The lowest BCUT2D eigenvalue weighted by Gasteiger charge is -2.25. The molecular weight excluding hydrogens is 449 g/mol. The van der Waals surface area contributed by atoms with E-state index in [1.165, 1.54) is 0 Å². The second-order valence-corrected chi connectivity index (χ2v) is 8.25. The highest BCUT2D eigenvalue weighted by Gasteiger charge is 2.21. The molecule has 3 rings (SSSR count). The Morgan fingerprint density at radius 2 is 2.04 bits per heavy atom. The van der Waals surface area contributed by atoms with Crippen LogP contribution in [-0.2, 0) is 13.1 Å². The number of para-hydroxylation sites is 2. The highest BCUT2D eigenvalue weighted by atomic mass is 127. The van der Waals surface area contributed by atoms with E-state index in [2.05, 4.69) is 53.7 Å². The van der Waals surface area contributed by atoms with Gasteiger partial charge < -0.3 is 9.47 Å². The van der Waals surface area contributed by atoms with E-state index in [1.54, 1.807) is 0 Å². The zero-order valence-corrected chi connectivity index (χ0v) is 17.9. The summed E-state index contributed by atoms with van der Waals surface area (Å²) in [5, 5.41) is 0. The van der Waals surface area contributed by atoms with Gasteiger partial charge in [-0.1, -0.05) is 38.1 Å². The van der Waals surface area contributed by atoms with E-state index in [1.807, 2.05) is 53.4 Å².